The summed E-state index contributed by atoms with van der Waals surface area (Å²) >= 11 is 0. The SMILES string of the molecule is CN(c1ccccc1-c1ccc2c(c1)N(c1ccc(-c3ccccc3)cc1)C1=CC=CCC12)c1cccc2ccccc12. The predicted octanol–water partition coefficient (Wildman–Crippen LogP) is 11.0. The van der Waals surface area contributed by atoms with Crippen molar-refractivity contribution in [3.8, 4) is 22.3 Å². The van der Waals surface area contributed by atoms with Crippen molar-refractivity contribution in [3.05, 3.63) is 169 Å². The van der Waals surface area contributed by atoms with Crippen LogP contribution in [0.5, 0.6) is 0 Å². The van der Waals surface area contributed by atoms with Crippen molar-refractivity contribution in [2.24, 2.45) is 0 Å². The van der Waals surface area contributed by atoms with E-state index in [1.165, 1.54) is 67.0 Å². The highest BCUT2D eigenvalue weighted by molar-refractivity contribution is 5.98. The van der Waals surface area contributed by atoms with E-state index in [4.69, 9.17) is 0 Å². The normalized spacial score (nSPS) is 15.2. The van der Waals surface area contributed by atoms with Gasteiger partial charge in [0, 0.05) is 46.7 Å². The molecule has 0 saturated carbocycles. The van der Waals surface area contributed by atoms with E-state index in [1.807, 2.05) is 0 Å². The van der Waals surface area contributed by atoms with Crippen molar-refractivity contribution in [2.75, 3.05) is 16.8 Å². The average Bonchev–Trinajstić information content (AvgIpc) is 3.42. The lowest BCUT2D eigenvalue weighted by Crippen LogP contribution is -2.14. The van der Waals surface area contributed by atoms with Crippen LogP contribution >= 0.6 is 0 Å². The summed E-state index contributed by atoms with van der Waals surface area (Å²) in [5, 5.41) is 2.50. The number of hydrogen-bond donors (Lipinski definition) is 0. The molecule has 1 heterocycles. The van der Waals surface area contributed by atoms with Crippen molar-refractivity contribution in [3.63, 3.8) is 0 Å². The van der Waals surface area contributed by atoms with Gasteiger partial charge in [-0.05, 0) is 70.5 Å². The van der Waals surface area contributed by atoms with Gasteiger partial charge < -0.3 is 9.80 Å². The first kappa shape index (κ1) is 25.4. The van der Waals surface area contributed by atoms with E-state index >= 15 is 0 Å². The molecule has 1 unspecified atom stereocenters. The number of rotatable bonds is 5. The number of fused-ring (bicyclic) bond motifs is 4. The molecule has 0 N–H and O–H groups in total. The van der Waals surface area contributed by atoms with Crippen LogP contribution in [0.15, 0.2) is 163 Å². The Hall–Kier alpha value is -5.34. The minimum absolute atomic E-state index is 0.372. The molecule has 0 amide bonds. The van der Waals surface area contributed by atoms with Gasteiger partial charge in [0.05, 0.1) is 5.69 Å². The minimum Gasteiger partial charge on any atom is -0.344 e. The number of para-hydroxylation sites is 1. The molecule has 6 aromatic carbocycles. The Morgan fingerprint density at radius 1 is 0.628 bits per heavy atom. The first-order valence-corrected chi connectivity index (χ1v) is 15.0. The Morgan fingerprint density at radius 2 is 1.33 bits per heavy atom. The Morgan fingerprint density at radius 3 is 2.21 bits per heavy atom. The summed E-state index contributed by atoms with van der Waals surface area (Å²) in [6, 6.07) is 50.6. The van der Waals surface area contributed by atoms with Crippen LogP contribution in [0.3, 0.4) is 0 Å². The number of benzene rings is 6. The van der Waals surface area contributed by atoms with Gasteiger partial charge in [0.1, 0.15) is 0 Å². The lowest BCUT2D eigenvalue weighted by molar-refractivity contribution is 0.819. The third kappa shape index (κ3) is 4.35. The van der Waals surface area contributed by atoms with Crippen molar-refractivity contribution < 1.29 is 0 Å². The zero-order valence-electron chi connectivity index (χ0n) is 24.2. The molecular weight excluding hydrogens is 520 g/mol. The summed E-state index contributed by atoms with van der Waals surface area (Å²) < 4.78 is 0. The largest absolute Gasteiger partial charge is 0.344 e. The molecule has 2 aliphatic rings. The Bertz CT molecular complexity index is 2010. The van der Waals surface area contributed by atoms with Gasteiger partial charge in [0.2, 0.25) is 0 Å². The van der Waals surface area contributed by atoms with Gasteiger partial charge in [0.25, 0.3) is 0 Å². The summed E-state index contributed by atoms with van der Waals surface area (Å²) in [4.78, 5) is 4.80. The lowest BCUT2D eigenvalue weighted by atomic mass is 9.91. The van der Waals surface area contributed by atoms with Crippen LogP contribution in [-0.4, -0.2) is 7.05 Å². The minimum atomic E-state index is 0.372. The van der Waals surface area contributed by atoms with Gasteiger partial charge in [0.15, 0.2) is 0 Å². The quantitative estimate of drug-likeness (QED) is 0.210. The molecule has 1 aliphatic carbocycles. The number of hydrogen-bond acceptors (Lipinski definition) is 2. The number of allylic oxidation sites excluding steroid dienone is 4. The van der Waals surface area contributed by atoms with Gasteiger partial charge in [-0.3, -0.25) is 0 Å². The summed E-state index contributed by atoms with van der Waals surface area (Å²) in [7, 11) is 2.18. The van der Waals surface area contributed by atoms with E-state index in [0.29, 0.717) is 5.92 Å². The predicted molar refractivity (Wildman–Crippen MR) is 182 cm³/mol. The summed E-state index contributed by atoms with van der Waals surface area (Å²) in [5.41, 5.74) is 12.5. The fraction of sp³-hybridized carbons (Fsp3) is 0.0732. The summed E-state index contributed by atoms with van der Waals surface area (Å²) in [6.45, 7) is 0. The molecule has 0 aromatic heterocycles. The van der Waals surface area contributed by atoms with E-state index in [2.05, 4.69) is 175 Å². The van der Waals surface area contributed by atoms with E-state index in [9.17, 15) is 0 Å². The van der Waals surface area contributed by atoms with E-state index in [-0.39, 0.29) is 0 Å². The highest BCUT2D eigenvalue weighted by atomic mass is 15.2. The molecule has 8 rings (SSSR count). The molecule has 2 heteroatoms. The van der Waals surface area contributed by atoms with E-state index in [1.54, 1.807) is 0 Å². The van der Waals surface area contributed by atoms with E-state index < -0.39 is 0 Å². The fourth-order valence-corrected chi connectivity index (χ4v) is 6.84. The maximum absolute atomic E-state index is 2.47. The van der Waals surface area contributed by atoms with Crippen molar-refractivity contribution in [1.82, 2.24) is 0 Å². The third-order valence-corrected chi connectivity index (χ3v) is 8.97. The first-order chi connectivity index (χ1) is 21.3. The summed E-state index contributed by atoms with van der Waals surface area (Å²) in [5.74, 6) is 0.372. The second-order valence-electron chi connectivity index (χ2n) is 11.4. The smallest absolute Gasteiger partial charge is 0.0503 e. The van der Waals surface area contributed by atoms with Crippen LogP contribution < -0.4 is 9.80 Å². The van der Waals surface area contributed by atoms with Crippen molar-refractivity contribution in [1.29, 1.82) is 0 Å². The molecule has 0 spiro atoms. The topological polar surface area (TPSA) is 6.48 Å². The molecular formula is C41H32N2. The summed E-state index contributed by atoms with van der Waals surface area (Å²) in [6.07, 6.45) is 7.82. The Balaban J connectivity index is 1.22. The molecule has 1 atom stereocenters. The van der Waals surface area contributed by atoms with Crippen molar-refractivity contribution in [2.45, 2.75) is 12.3 Å². The van der Waals surface area contributed by atoms with E-state index in [0.717, 1.165) is 6.42 Å². The van der Waals surface area contributed by atoms with Crippen LogP contribution in [-0.2, 0) is 0 Å². The van der Waals surface area contributed by atoms with Gasteiger partial charge in [-0.25, -0.2) is 0 Å². The molecule has 2 nitrogen and oxygen atoms in total. The standard InChI is InChI=1S/C41H32N2/c1-42(39-21-11-15-31-14-5-6-16-34(31)39)38-19-9-7-17-35(38)32-24-27-37-36-18-8-10-20-40(36)43(41(37)28-32)33-25-22-30(23-26-33)29-12-3-2-4-13-29/h2-17,19-28,36H,18H2,1H3. The maximum atomic E-state index is 2.47. The van der Waals surface area contributed by atoms with Gasteiger partial charge in [-0.2, -0.15) is 0 Å². The van der Waals surface area contributed by atoms with Gasteiger partial charge in [-0.15, -0.1) is 0 Å². The van der Waals surface area contributed by atoms with Crippen LogP contribution in [0.4, 0.5) is 22.7 Å². The second-order valence-corrected chi connectivity index (χ2v) is 11.4. The third-order valence-electron chi connectivity index (χ3n) is 8.97. The average molecular weight is 553 g/mol. The molecule has 43 heavy (non-hydrogen) atoms. The second kappa shape index (κ2) is 10.5. The lowest BCUT2D eigenvalue weighted by Gasteiger charge is -2.26. The zero-order valence-corrected chi connectivity index (χ0v) is 24.2. The fourth-order valence-electron chi connectivity index (χ4n) is 6.84. The van der Waals surface area contributed by atoms with Crippen LogP contribution in [0.2, 0.25) is 0 Å². The van der Waals surface area contributed by atoms with Gasteiger partial charge in [-0.1, -0.05) is 121 Å². The van der Waals surface area contributed by atoms with Gasteiger partial charge >= 0.3 is 0 Å². The Kier molecular flexibility index (Phi) is 6.19. The molecule has 206 valence electrons. The van der Waals surface area contributed by atoms with Crippen LogP contribution in [0.25, 0.3) is 33.0 Å². The van der Waals surface area contributed by atoms with Crippen LogP contribution in [0.1, 0.15) is 17.9 Å². The maximum Gasteiger partial charge on any atom is 0.0503 e. The monoisotopic (exact) mass is 552 g/mol. The molecule has 0 radical (unpaired) electrons. The highest BCUT2D eigenvalue weighted by Gasteiger charge is 2.35. The molecule has 0 fully saturated rings. The van der Waals surface area contributed by atoms with Crippen LogP contribution in [0, 0.1) is 0 Å². The van der Waals surface area contributed by atoms with Crippen molar-refractivity contribution >= 4 is 33.5 Å². The molecule has 1 aliphatic heterocycles. The Labute approximate surface area is 253 Å². The number of nitrogens with zero attached hydrogens (tertiary/aromatic N) is 2. The first-order valence-electron chi connectivity index (χ1n) is 15.0. The molecule has 0 saturated heterocycles. The highest BCUT2D eigenvalue weighted by Crippen LogP contribution is 2.52. The number of anilines is 4. The molecule has 0 bridgehead atoms. The zero-order chi connectivity index (χ0) is 28.8. The molecule has 6 aromatic rings.